The Bertz CT molecular complexity index is 212. The van der Waals surface area contributed by atoms with Crippen molar-refractivity contribution in [3.63, 3.8) is 0 Å². The lowest BCUT2D eigenvalue weighted by atomic mass is 10.1. The summed E-state index contributed by atoms with van der Waals surface area (Å²) >= 11 is 0. The van der Waals surface area contributed by atoms with Crippen LogP contribution in [-0.2, 0) is 0 Å². The Morgan fingerprint density at radius 2 is 2.18 bits per heavy atom. The molecule has 0 unspecified atom stereocenters. The van der Waals surface area contributed by atoms with Crippen LogP contribution in [0, 0.1) is 0 Å². The van der Waals surface area contributed by atoms with Gasteiger partial charge in [-0.1, -0.05) is 12.2 Å². The van der Waals surface area contributed by atoms with Crippen LogP contribution in [0.2, 0.25) is 0 Å². The minimum atomic E-state index is 1.07. The zero-order valence-corrected chi connectivity index (χ0v) is 7.09. The minimum Gasteiger partial charge on any atom is -0.387 e. The molecule has 0 amide bonds. The van der Waals surface area contributed by atoms with Crippen molar-refractivity contribution in [3.05, 3.63) is 23.5 Å². The zero-order valence-electron chi connectivity index (χ0n) is 7.09. The van der Waals surface area contributed by atoms with Gasteiger partial charge >= 0.3 is 0 Å². The maximum absolute atomic E-state index is 4.24. The molecule has 0 fully saturated rings. The van der Waals surface area contributed by atoms with Gasteiger partial charge in [-0.25, -0.2) is 0 Å². The molecule has 0 aromatic heterocycles. The molecule has 2 nitrogen and oxygen atoms in total. The Hall–Kier alpha value is -1.05. The minimum absolute atomic E-state index is 1.07. The molecule has 1 aliphatic rings. The molecular weight excluding hydrogens is 136 g/mol. The summed E-state index contributed by atoms with van der Waals surface area (Å²) in [4.78, 5) is 4.24. The molecule has 0 atom stereocenters. The van der Waals surface area contributed by atoms with E-state index in [4.69, 9.17) is 0 Å². The van der Waals surface area contributed by atoms with E-state index in [-0.39, 0.29) is 0 Å². The zero-order chi connectivity index (χ0) is 8.10. The van der Waals surface area contributed by atoms with E-state index < -0.39 is 0 Å². The number of likely N-dealkylation sites (N-methyl/N-ethyl adjacent to an activating group) is 1. The lowest BCUT2D eigenvalue weighted by molar-refractivity contribution is 0.901. The highest BCUT2D eigenvalue weighted by molar-refractivity contribution is 5.57. The summed E-state index contributed by atoms with van der Waals surface area (Å²) in [5.41, 5.74) is 2.22. The number of hydrogen-bond donors (Lipinski definition) is 1. The second-order valence-corrected chi connectivity index (χ2v) is 2.42. The predicted octanol–water partition coefficient (Wildman–Crippen LogP) is 1.86. The lowest BCUT2D eigenvalue weighted by Crippen LogP contribution is -2.09. The van der Waals surface area contributed by atoms with Gasteiger partial charge in [0.2, 0.25) is 0 Å². The molecule has 0 bridgehead atoms. The molecule has 0 radical (unpaired) electrons. The highest BCUT2D eigenvalue weighted by Crippen LogP contribution is 2.16. The van der Waals surface area contributed by atoms with Crippen molar-refractivity contribution < 1.29 is 0 Å². The summed E-state index contributed by atoms with van der Waals surface area (Å²) < 4.78 is 0. The van der Waals surface area contributed by atoms with Crippen LogP contribution < -0.4 is 5.32 Å². The van der Waals surface area contributed by atoms with Crippen molar-refractivity contribution in [2.45, 2.75) is 19.8 Å². The maximum Gasteiger partial charge on any atom is 0.0813 e. The third-order valence-electron chi connectivity index (χ3n) is 1.67. The van der Waals surface area contributed by atoms with Crippen molar-refractivity contribution in [2.24, 2.45) is 4.99 Å². The monoisotopic (exact) mass is 150 g/mol. The van der Waals surface area contributed by atoms with Crippen molar-refractivity contribution in [1.29, 1.82) is 0 Å². The van der Waals surface area contributed by atoms with Crippen LogP contribution in [0.1, 0.15) is 19.8 Å². The molecule has 1 aliphatic carbocycles. The second-order valence-electron chi connectivity index (χ2n) is 2.42. The van der Waals surface area contributed by atoms with Crippen molar-refractivity contribution in [2.75, 3.05) is 7.05 Å². The van der Waals surface area contributed by atoms with Gasteiger partial charge in [0.05, 0.1) is 11.4 Å². The third kappa shape index (κ3) is 1.93. The third-order valence-corrected chi connectivity index (χ3v) is 1.67. The molecular formula is C9H14N2. The molecule has 1 rings (SSSR count). The molecule has 11 heavy (non-hydrogen) atoms. The first-order chi connectivity index (χ1) is 5.38. The SMILES string of the molecule is C/C=N/C1=CCCC=C1NC. The Balaban J connectivity index is 2.75. The van der Waals surface area contributed by atoms with Crippen LogP contribution in [0.25, 0.3) is 0 Å². The molecule has 2 heteroatoms. The first kappa shape index (κ1) is 8.05. The van der Waals surface area contributed by atoms with Gasteiger partial charge in [-0.05, 0) is 19.8 Å². The first-order valence-electron chi connectivity index (χ1n) is 3.95. The quantitative estimate of drug-likeness (QED) is 0.597. The first-order valence-corrected chi connectivity index (χ1v) is 3.95. The fourth-order valence-electron chi connectivity index (χ4n) is 1.15. The van der Waals surface area contributed by atoms with E-state index in [0.29, 0.717) is 0 Å². The average Bonchev–Trinajstić information content (AvgIpc) is 2.06. The van der Waals surface area contributed by atoms with E-state index in [2.05, 4.69) is 22.5 Å². The van der Waals surface area contributed by atoms with E-state index in [0.717, 1.165) is 24.2 Å². The molecule has 60 valence electrons. The van der Waals surface area contributed by atoms with Gasteiger partial charge < -0.3 is 5.32 Å². The lowest BCUT2D eigenvalue weighted by Gasteiger charge is -2.11. The molecule has 0 spiro atoms. The van der Waals surface area contributed by atoms with Crippen LogP contribution >= 0.6 is 0 Å². The maximum atomic E-state index is 4.24. The summed E-state index contributed by atoms with van der Waals surface area (Å²) in [5, 5.41) is 3.12. The largest absolute Gasteiger partial charge is 0.387 e. The summed E-state index contributed by atoms with van der Waals surface area (Å²) in [6, 6.07) is 0. The van der Waals surface area contributed by atoms with Crippen LogP contribution in [0.3, 0.4) is 0 Å². The molecule has 0 heterocycles. The average molecular weight is 150 g/mol. The summed E-state index contributed by atoms with van der Waals surface area (Å²) in [6.07, 6.45) is 8.40. The van der Waals surface area contributed by atoms with Crippen LogP contribution in [0.4, 0.5) is 0 Å². The number of rotatable bonds is 2. The Morgan fingerprint density at radius 3 is 2.82 bits per heavy atom. The molecule has 0 saturated heterocycles. The summed E-state index contributed by atoms with van der Waals surface area (Å²) in [6.45, 7) is 1.93. The highest BCUT2D eigenvalue weighted by atomic mass is 14.9. The summed E-state index contributed by atoms with van der Waals surface area (Å²) in [5.74, 6) is 0. The molecule has 0 aromatic carbocycles. The number of allylic oxidation sites excluding steroid dienone is 2. The van der Waals surface area contributed by atoms with E-state index in [1.165, 1.54) is 0 Å². The van der Waals surface area contributed by atoms with Gasteiger partial charge in [0.1, 0.15) is 0 Å². The van der Waals surface area contributed by atoms with Crippen molar-refractivity contribution in [1.82, 2.24) is 5.32 Å². The van der Waals surface area contributed by atoms with E-state index >= 15 is 0 Å². The van der Waals surface area contributed by atoms with Crippen molar-refractivity contribution >= 4 is 6.21 Å². The van der Waals surface area contributed by atoms with Crippen LogP contribution in [0.5, 0.6) is 0 Å². The number of nitrogens with zero attached hydrogens (tertiary/aromatic N) is 1. The topological polar surface area (TPSA) is 24.4 Å². The Morgan fingerprint density at radius 1 is 1.45 bits per heavy atom. The van der Waals surface area contributed by atoms with Crippen LogP contribution in [-0.4, -0.2) is 13.3 Å². The van der Waals surface area contributed by atoms with Crippen LogP contribution in [0.15, 0.2) is 28.5 Å². The highest BCUT2D eigenvalue weighted by Gasteiger charge is 2.03. The molecule has 0 aliphatic heterocycles. The van der Waals surface area contributed by atoms with Gasteiger partial charge in [-0.3, -0.25) is 4.99 Å². The molecule has 0 aromatic rings. The normalized spacial score (nSPS) is 18.0. The fraction of sp³-hybridized carbons (Fsp3) is 0.444. The standard InChI is InChI=1S/C9H14N2/c1-3-11-9-7-5-4-6-8(9)10-2/h3,6-7,10H,4-5H2,1-2H3/b11-3+. The van der Waals surface area contributed by atoms with E-state index in [9.17, 15) is 0 Å². The molecule has 1 N–H and O–H groups in total. The van der Waals surface area contributed by atoms with E-state index in [1.807, 2.05) is 20.2 Å². The Kier molecular flexibility index (Phi) is 2.90. The van der Waals surface area contributed by atoms with Gasteiger partial charge in [0.25, 0.3) is 0 Å². The van der Waals surface area contributed by atoms with Gasteiger partial charge in [-0.2, -0.15) is 0 Å². The number of hydrogen-bond acceptors (Lipinski definition) is 2. The fourth-order valence-corrected chi connectivity index (χ4v) is 1.15. The number of aliphatic imine (C=N–C) groups is 1. The van der Waals surface area contributed by atoms with E-state index in [1.54, 1.807) is 0 Å². The van der Waals surface area contributed by atoms with Gasteiger partial charge in [0, 0.05) is 13.3 Å². The van der Waals surface area contributed by atoms with Gasteiger partial charge in [-0.15, -0.1) is 0 Å². The van der Waals surface area contributed by atoms with Gasteiger partial charge in [0.15, 0.2) is 0 Å². The smallest absolute Gasteiger partial charge is 0.0813 e. The molecule has 0 saturated carbocycles. The Labute approximate surface area is 67.7 Å². The summed E-state index contributed by atoms with van der Waals surface area (Å²) in [7, 11) is 1.93. The predicted molar refractivity (Wildman–Crippen MR) is 48.6 cm³/mol. The second kappa shape index (κ2) is 3.96. The van der Waals surface area contributed by atoms with Crippen molar-refractivity contribution in [3.8, 4) is 0 Å². The number of nitrogens with one attached hydrogen (secondary N) is 1.